The standard InChI is InChI=1S/C35H28N2/c1-36(2)32-18-9-8-13-26(32)25-12-10-11-23(21-25)24-19-20-31-33(22-24)37(3)35-30-17-7-5-15-28(30)27-14-4-6-16-29(27)34(31)35/h4-22H,1-3H3. The second kappa shape index (κ2) is 8.25. The molecule has 0 unspecified atom stereocenters. The number of hydrogen-bond acceptors (Lipinski definition) is 1. The molecular formula is C35H28N2. The van der Waals surface area contributed by atoms with Crippen molar-refractivity contribution in [3.8, 4) is 22.3 Å². The molecule has 0 radical (unpaired) electrons. The fourth-order valence-electron chi connectivity index (χ4n) is 6.04. The van der Waals surface area contributed by atoms with Crippen molar-refractivity contribution in [3.05, 3.63) is 115 Å². The maximum absolute atomic E-state index is 2.38. The van der Waals surface area contributed by atoms with E-state index in [-0.39, 0.29) is 0 Å². The van der Waals surface area contributed by atoms with Crippen LogP contribution >= 0.6 is 0 Å². The monoisotopic (exact) mass is 476 g/mol. The third kappa shape index (κ3) is 3.26. The number of aryl methyl sites for hydroxylation is 1. The van der Waals surface area contributed by atoms with Crippen molar-refractivity contribution in [2.24, 2.45) is 7.05 Å². The van der Waals surface area contributed by atoms with Gasteiger partial charge >= 0.3 is 0 Å². The van der Waals surface area contributed by atoms with Crippen molar-refractivity contribution in [1.29, 1.82) is 0 Å². The van der Waals surface area contributed by atoms with Crippen LogP contribution in [0.4, 0.5) is 5.69 Å². The molecule has 0 atom stereocenters. The zero-order valence-electron chi connectivity index (χ0n) is 21.4. The lowest BCUT2D eigenvalue weighted by molar-refractivity contribution is 1.02. The predicted octanol–water partition coefficient (Wildman–Crippen LogP) is 9.04. The van der Waals surface area contributed by atoms with Crippen LogP contribution in [0, 0.1) is 0 Å². The van der Waals surface area contributed by atoms with Crippen molar-refractivity contribution in [1.82, 2.24) is 4.57 Å². The highest BCUT2D eigenvalue weighted by Crippen LogP contribution is 2.41. The summed E-state index contributed by atoms with van der Waals surface area (Å²) in [5.74, 6) is 0. The second-order valence-corrected chi connectivity index (χ2v) is 10.1. The van der Waals surface area contributed by atoms with Crippen molar-refractivity contribution in [2.45, 2.75) is 0 Å². The summed E-state index contributed by atoms with van der Waals surface area (Å²) < 4.78 is 2.38. The Kier molecular flexibility index (Phi) is 4.84. The Bertz CT molecular complexity index is 1970. The van der Waals surface area contributed by atoms with Crippen LogP contribution in [0.5, 0.6) is 0 Å². The van der Waals surface area contributed by atoms with E-state index in [9.17, 15) is 0 Å². The van der Waals surface area contributed by atoms with E-state index in [1.165, 1.54) is 71.3 Å². The second-order valence-electron chi connectivity index (χ2n) is 10.1. The first-order chi connectivity index (χ1) is 18.1. The van der Waals surface area contributed by atoms with Crippen LogP contribution in [0.3, 0.4) is 0 Å². The van der Waals surface area contributed by atoms with Crippen LogP contribution in [-0.2, 0) is 7.05 Å². The van der Waals surface area contributed by atoms with Gasteiger partial charge in [-0.1, -0.05) is 97.1 Å². The van der Waals surface area contributed by atoms with Gasteiger partial charge in [-0.25, -0.2) is 0 Å². The van der Waals surface area contributed by atoms with Gasteiger partial charge in [0, 0.05) is 54.1 Å². The van der Waals surface area contributed by atoms with Gasteiger partial charge in [-0.3, -0.25) is 0 Å². The summed E-state index contributed by atoms with van der Waals surface area (Å²) >= 11 is 0. The molecule has 7 aromatic rings. The first-order valence-corrected chi connectivity index (χ1v) is 12.8. The first-order valence-electron chi connectivity index (χ1n) is 12.8. The van der Waals surface area contributed by atoms with Gasteiger partial charge in [0.05, 0.1) is 5.52 Å². The molecule has 0 fully saturated rings. The van der Waals surface area contributed by atoms with Crippen LogP contribution in [0.2, 0.25) is 0 Å². The van der Waals surface area contributed by atoms with Crippen LogP contribution < -0.4 is 4.90 Å². The summed E-state index contributed by atoms with van der Waals surface area (Å²) in [7, 11) is 6.41. The van der Waals surface area contributed by atoms with Gasteiger partial charge in [0.25, 0.3) is 0 Å². The fourth-order valence-corrected chi connectivity index (χ4v) is 6.04. The summed E-state index contributed by atoms with van der Waals surface area (Å²) in [6, 6.07) is 42.1. The predicted molar refractivity (Wildman–Crippen MR) is 161 cm³/mol. The molecule has 2 nitrogen and oxygen atoms in total. The SMILES string of the molecule is CN(C)c1ccccc1-c1cccc(-c2ccc3c4c5ccccc5c5ccccc5c4n(C)c3c2)c1. The lowest BCUT2D eigenvalue weighted by Crippen LogP contribution is -2.09. The van der Waals surface area contributed by atoms with Gasteiger partial charge in [-0.2, -0.15) is 0 Å². The molecule has 1 aromatic heterocycles. The maximum Gasteiger partial charge on any atom is 0.0574 e. The number of rotatable bonds is 3. The molecule has 7 rings (SSSR count). The Morgan fingerprint density at radius 3 is 1.92 bits per heavy atom. The number of benzene rings is 6. The van der Waals surface area contributed by atoms with E-state index in [0.717, 1.165) is 0 Å². The van der Waals surface area contributed by atoms with Crippen LogP contribution in [0.15, 0.2) is 115 Å². The minimum absolute atomic E-state index is 1.22. The zero-order valence-corrected chi connectivity index (χ0v) is 21.4. The Balaban J connectivity index is 1.48. The van der Waals surface area contributed by atoms with Gasteiger partial charge in [0.1, 0.15) is 0 Å². The van der Waals surface area contributed by atoms with Gasteiger partial charge in [0.15, 0.2) is 0 Å². The number of hydrogen-bond donors (Lipinski definition) is 0. The van der Waals surface area contributed by atoms with E-state index in [0.29, 0.717) is 0 Å². The maximum atomic E-state index is 2.38. The molecule has 0 spiro atoms. The van der Waals surface area contributed by atoms with Gasteiger partial charge < -0.3 is 9.47 Å². The normalized spacial score (nSPS) is 11.6. The van der Waals surface area contributed by atoms with E-state index in [1.54, 1.807) is 0 Å². The largest absolute Gasteiger partial charge is 0.377 e. The Hall–Kier alpha value is -4.56. The topological polar surface area (TPSA) is 8.17 Å². The minimum atomic E-state index is 1.22. The molecular weight excluding hydrogens is 448 g/mol. The lowest BCUT2D eigenvalue weighted by atomic mass is 9.95. The molecule has 0 aliphatic heterocycles. The summed E-state index contributed by atoms with van der Waals surface area (Å²) in [4.78, 5) is 2.18. The van der Waals surface area contributed by atoms with Crippen LogP contribution in [0.1, 0.15) is 0 Å². The lowest BCUT2D eigenvalue weighted by Gasteiger charge is -2.18. The third-order valence-corrected chi connectivity index (χ3v) is 7.76. The molecule has 178 valence electrons. The molecule has 37 heavy (non-hydrogen) atoms. The van der Waals surface area contributed by atoms with Gasteiger partial charge in [0.2, 0.25) is 0 Å². The fraction of sp³-hybridized carbons (Fsp3) is 0.0857. The van der Waals surface area contributed by atoms with Gasteiger partial charge in [-0.15, -0.1) is 0 Å². The molecule has 2 heteroatoms. The summed E-state index contributed by atoms with van der Waals surface area (Å²) in [5.41, 5.74) is 8.73. The van der Waals surface area contributed by atoms with Crippen molar-refractivity contribution in [3.63, 3.8) is 0 Å². The summed E-state index contributed by atoms with van der Waals surface area (Å²) in [6.45, 7) is 0. The quantitative estimate of drug-likeness (QED) is 0.231. The highest BCUT2D eigenvalue weighted by atomic mass is 15.1. The van der Waals surface area contributed by atoms with Crippen molar-refractivity contribution in [2.75, 3.05) is 19.0 Å². The van der Waals surface area contributed by atoms with E-state index in [4.69, 9.17) is 0 Å². The number of fused-ring (bicyclic) bond motifs is 8. The number of anilines is 1. The van der Waals surface area contributed by atoms with Crippen LogP contribution in [0.25, 0.3) is 65.6 Å². The first kappa shape index (κ1) is 21.7. The molecule has 0 saturated carbocycles. The van der Waals surface area contributed by atoms with Crippen LogP contribution in [-0.4, -0.2) is 18.7 Å². The van der Waals surface area contributed by atoms with E-state index in [2.05, 4.69) is 146 Å². The van der Waals surface area contributed by atoms with Crippen molar-refractivity contribution < 1.29 is 0 Å². The molecule has 0 aliphatic rings. The number of nitrogens with zero attached hydrogens (tertiary/aromatic N) is 2. The molecule has 1 heterocycles. The Morgan fingerprint density at radius 2 is 1.14 bits per heavy atom. The number of aromatic nitrogens is 1. The molecule has 0 bridgehead atoms. The third-order valence-electron chi connectivity index (χ3n) is 7.76. The van der Waals surface area contributed by atoms with Crippen molar-refractivity contribution >= 4 is 49.0 Å². The van der Waals surface area contributed by atoms with Gasteiger partial charge in [-0.05, 0) is 51.0 Å². The summed E-state index contributed by atoms with van der Waals surface area (Å²) in [6.07, 6.45) is 0. The Morgan fingerprint density at radius 1 is 0.514 bits per heavy atom. The smallest absolute Gasteiger partial charge is 0.0574 e. The van der Waals surface area contributed by atoms with E-state index < -0.39 is 0 Å². The number of para-hydroxylation sites is 1. The highest BCUT2D eigenvalue weighted by molar-refractivity contribution is 6.31. The molecule has 0 saturated heterocycles. The molecule has 0 amide bonds. The zero-order chi connectivity index (χ0) is 25.1. The summed E-state index contributed by atoms with van der Waals surface area (Å²) in [5, 5.41) is 7.89. The average Bonchev–Trinajstić information content (AvgIpc) is 3.25. The minimum Gasteiger partial charge on any atom is -0.377 e. The van der Waals surface area contributed by atoms with E-state index in [1.807, 2.05) is 0 Å². The van der Waals surface area contributed by atoms with E-state index >= 15 is 0 Å². The molecule has 0 aliphatic carbocycles. The molecule has 0 N–H and O–H groups in total. The average molecular weight is 477 g/mol. The molecule has 6 aromatic carbocycles. The highest BCUT2D eigenvalue weighted by Gasteiger charge is 2.17. The Labute approximate surface area is 217 Å².